The van der Waals surface area contributed by atoms with E-state index < -0.39 is 0 Å². The molecule has 1 atom stereocenters. The van der Waals surface area contributed by atoms with Gasteiger partial charge in [0.05, 0.1) is 11.0 Å². The van der Waals surface area contributed by atoms with E-state index in [1.165, 1.54) is 0 Å². The number of hydrogen-bond donors (Lipinski definition) is 1. The highest BCUT2D eigenvalue weighted by Crippen LogP contribution is 2.32. The zero-order chi connectivity index (χ0) is 18.3. The van der Waals surface area contributed by atoms with Crippen LogP contribution in [-0.2, 0) is 11.2 Å². The summed E-state index contributed by atoms with van der Waals surface area (Å²) in [5.41, 5.74) is 3.46. The fraction of sp³-hybridized carbons (Fsp3) is 0.550. The Hall–Kier alpha value is -2.21. The monoisotopic (exact) mass is 354 g/mol. The lowest BCUT2D eigenvalue weighted by atomic mass is 10.1. The molecule has 6 nitrogen and oxygen atoms in total. The summed E-state index contributed by atoms with van der Waals surface area (Å²) in [7, 11) is 0. The molecule has 6 heteroatoms. The quantitative estimate of drug-likeness (QED) is 0.913. The molecule has 0 radical (unpaired) electrons. The van der Waals surface area contributed by atoms with Crippen molar-refractivity contribution in [2.75, 3.05) is 26.2 Å². The fourth-order valence-electron chi connectivity index (χ4n) is 3.76. The zero-order valence-corrected chi connectivity index (χ0v) is 15.5. The molecule has 2 fully saturated rings. The number of nitrogens with one attached hydrogen (secondary N) is 1. The Balaban J connectivity index is 1.48. The summed E-state index contributed by atoms with van der Waals surface area (Å²) in [6.45, 7) is 7.50. The summed E-state index contributed by atoms with van der Waals surface area (Å²) >= 11 is 0. The normalized spacial score (nSPS) is 19.7. The Morgan fingerprint density at radius 2 is 2.00 bits per heavy atom. The molecule has 1 aliphatic carbocycles. The van der Waals surface area contributed by atoms with Crippen LogP contribution in [0.4, 0.5) is 0 Å². The lowest BCUT2D eigenvalue weighted by Gasteiger charge is -2.38. The molecule has 138 valence electrons. The van der Waals surface area contributed by atoms with Gasteiger partial charge in [0.25, 0.3) is 5.56 Å². The minimum atomic E-state index is -0.0289. The van der Waals surface area contributed by atoms with Crippen LogP contribution in [0.25, 0.3) is 11.0 Å². The molecule has 2 aliphatic rings. The van der Waals surface area contributed by atoms with Crippen molar-refractivity contribution >= 4 is 16.9 Å². The molecular weight excluding hydrogens is 328 g/mol. The molecule has 3 heterocycles. The van der Waals surface area contributed by atoms with Gasteiger partial charge in [0.2, 0.25) is 5.91 Å². The lowest BCUT2D eigenvalue weighted by molar-refractivity contribution is -0.134. The van der Waals surface area contributed by atoms with Crippen molar-refractivity contribution in [2.45, 2.75) is 39.2 Å². The van der Waals surface area contributed by atoms with Crippen LogP contribution in [0.1, 0.15) is 43.9 Å². The van der Waals surface area contributed by atoms with E-state index in [1.54, 1.807) is 0 Å². The topological polar surface area (TPSA) is 69.3 Å². The second kappa shape index (κ2) is 6.83. The number of H-pyrrole nitrogens is 1. The van der Waals surface area contributed by atoms with Crippen molar-refractivity contribution in [3.8, 4) is 0 Å². The predicted octanol–water partition coefficient (Wildman–Crippen LogP) is 2.10. The van der Waals surface area contributed by atoms with E-state index in [0.29, 0.717) is 18.2 Å². The molecule has 2 aromatic heterocycles. The first-order chi connectivity index (χ1) is 12.6. The van der Waals surface area contributed by atoms with Crippen molar-refractivity contribution in [1.29, 1.82) is 0 Å². The van der Waals surface area contributed by atoms with Gasteiger partial charge < -0.3 is 9.88 Å². The van der Waals surface area contributed by atoms with Gasteiger partial charge >= 0.3 is 0 Å². The number of carbonyl (C=O) groups excluding carboxylic acids is 1. The smallest absolute Gasteiger partial charge is 0.251 e. The van der Waals surface area contributed by atoms with Gasteiger partial charge in [0.15, 0.2) is 0 Å². The van der Waals surface area contributed by atoms with E-state index in [1.807, 2.05) is 30.2 Å². The first-order valence-electron chi connectivity index (χ1n) is 9.61. The molecule has 0 spiro atoms. The highest BCUT2D eigenvalue weighted by atomic mass is 16.2. The van der Waals surface area contributed by atoms with Gasteiger partial charge in [0, 0.05) is 49.9 Å². The van der Waals surface area contributed by atoms with Crippen molar-refractivity contribution in [3.63, 3.8) is 0 Å². The van der Waals surface area contributed by atoms with Crippen LogP contribution in [0, 0.1) is 5.92 Å². The molecule has 1 unspecified atom stereocenters. The summed E-state index contributed by atoms with van der Waals surface area (Å²) in [5.74, 6) is 0.641. The summed E-state index contributed by atoms with van der Waals surface area (Å²) in [6, 6.07) is 4.12. The number of aromatic amines is 1. The molecular formula is C20H26N4O2. The standard InChI is InChI=1S/C20H26N4O2/c1-3-14-10-17-18(22-19(14)25)11-16(12-21-17)13(2)23-6-8-24(9-7-23)20(26)15-4-5-15/h10-13,15H,3-9H2,1-2H3,(H,22,25). The number of nitrogens with zero attached hydrogens (tertiary/aromatic N) is 3. The van der Waals surface area contributed by atoms with Crippen LogP contribution in [0.5, 0.6) is 0 Å². The highest BCUT2D eigenvalue weighted by molar-refractivity contribution is 5.81. The summed E-state index contributed by atoms with van der Waals surface area (Å²) in [4.78, 5) is 36.2. The first kappa shape index (κ1) is 17.2. The van der Waals surface area contributed by atoms with Gasteiger partial charge in [-0.05, 0) is 43.9 Å². The highest BCUT2D eigenvalue weighted by Gasteiger charge is 2.35. The number of pyridine rings is 2. The first-order valence-corrected chi connectivity index (χ1v) is 9.61. The number of aromatic nitrogens is 2. The van der Waals surface area contributed by atoms with Crippen molar-refractivity contribution in [3.05, 3.63) is 39.8 Å². The van der Waals surface area contributed by atoms with Crippen LogP contribution in [0.15, 0.2) is 23.1 Å². The van der Waals surface area contributed by atoms with E-state index in [-0.39, 0.29) is 11.6 Å². The Bertz CT molecular complexity index is 879. The summed E-state index contributed by atoms with van der Waals surface area (Å²) in [6.07, 6.45) is 4.74. The number of hydrogen-bond acceptors (Lipinski definition) is 4. The molecule has 0 aromatic carbocycles. The van der Waals surface area contributed by atoms with Crippen molar-refractivity contribution in [2.24, 2.45) is 5.92 Å². The van der Waals surface area contributed by atoms with Gasteiger partial charge in [-0.1, -0.05) is 6.92 Å². The average molecular weight is 354 g/mol. The Morgan fingerprint density at radius 1 is 1.27 bits per heavy atom. The van der Waals surface area contributed by atoms with E-state index in [2.05, 4.69) is 21.8 Å². The second-order valence-electron chi connectivity index (χ2n) is 7.49. The molecule has 26 heavy (non-hydrogen) atoms. The maximum Gasteiger partial charge on any atom is 0.251 e. The van der Waals surface area contributed by atoms with E-state index in [0.717, 1.165) is 61.2 Å². The lowest BCUT2D eigenvalue weighted by Crippen LogP contribution is -2.49. The minimum absolute atomic E-state index is 0.0289. The number of rotatable bonds is 4. The molecule has 1 amide bonds. The van der Waals surface area contributed by atoms with Gasteiger partial charge in [-0.15, -0.1) is 0 Å². The second-order valence-corrected chi connectivity index (χ2v) is 7.49. The molecule has 1 aliphatic heterocycles. The Morgan fingerprint density at radius 3 is 2.65 bits per heavy atom. The maximum absolute atomic E-state index is 12.2. The molecule has 2 aromatic rings. The Labute approximate surface area is 153 Å². The SMILES string of the molecule is CCc1cc2ncc(C(C)N3CCN(C(=O)C4CC4)CC3)cc2[nH]c1=O. The number of amides is 1. The third-order valence-electron chi connectivity index (χ3n) is 5.75. The molecule has 1 saturated carbocycles. The number of fused-ring (bicyclic) bond motifs is 1. The third kappa shape index (κ3) is 3.26. The van der Waals surface area contributed by atoms with Crippen LogP contribution >= 0.6 is 0 Å². The maximum atomic E-state index is 12.2. The number of carbonyl (C=O) groups is 1. The molecule has 1 N–H and O–H groups in total. The largest absolute Gasteiger partial charge is 0.340 e. The van der Waals surface area contributed by atoms with E-state index in [4.69, 9.17) is 0 Å². The molecule has 4 rings (SSSR count). The van der Waals surface area contributed by atoms with Gasteiger partial charge in [-0.2, -0.15) is 0 Å². The summed E-state index contributed by atoms with van der Waals surface area (Å²) < 4.78 is 0. The summed E-state index contributed by atoms with van der Waals surface area (Å²) in [5, 5.41) is 0. The molecule has 1 saturated heterocycles. The van der Waals surface area contributed by atoms with Crippen LogP contribution in [0.2, 0.25) is 0 Å². The van der Waals surface area contributed by atoms with Gasteiger partial charge in [-0.3, -0.25) is 19.5 Å². The third-order valence-corrected chi connectivity index (χ3v) is 5.75. The van der Waals surface area contributed by atoms with E-state index >= 15 is 0 Å². The average Bonchev–Trinajstić information content (AvgIpc) is 3.51. The van der Waals surface area contributed by atoms with Crippen LogP contribution in [0.3, 0.4) is 0 Å². The zero-order valence-electron chi connectivity index (χ0n) is 15.5. The fourth-order valence-corrected chi connectivity index (χ4v) is 3.76. The molecule has 0 bridgehead atoms. The van der Waals surface area contributed by atoms with Crippen molar-refractivity contribution < 1.29 is 4.79 Å². The predicted molar refractivity (Wildman–Crippen MR) is 101 cm³/mol. The van der Waals surface area contributed by atoms with E-state index in [9.17, 15) is 9.59 Å². The number of piperazine rings is 1. The van der Waals surface area contributed by atoms with Crippen molar-refractivity contribution in [1.82, 2.24) is 19.8 Å². The Kier molecular flexibility index (Phi) is 4.53. The van der Waals surface area contributed by atoms with Crippen LogP contribution < -0.4 is 5.56 Å². The number of aryl methyl sites for hydroxylation is 1. The van der Waals surface area contributed by atoms with Crippen LogP contribution in [-0.4, -0.2) is 51.9 Å². The minimum Gasteiger partial charge on any atom is -0.340 e. The van der Waals surface area contributed by atoms with Gasteiger partial charge in [0.1, 0.15) is 0 Å². The van der Waals surface area contributed by atoms with Gasteiger partial charge in [-0.25, -0.2) is 0 Å².